The molecule has 1 aliphatic heterocycles. The molecule has 7 heteroatoms. The number of para-hydroxylation sites is 3. The zero-order chi connectivity index (χ0) is 18.6. The molecule has 27 heavy (non-hydrogen) atoms. The van der Waals surface area contributed by atoms with Crippen molar-refractivity contribution in [3.8, 4) is 5.75 Å². The third kappa shape index (κ3) is 3.98. The maximum absolute atomic E-state index is 12.7. The van der Waals surface area contributed by atoms with Crippen molar-refractivity contribution in [2.75, 3.05) is 12.3 Å². The van der Waals surface area contributed by atoms with Gasteiger partial charge in [0, 0.05) is 6.54 Å². The average molecular weight is 381 g/mol. The summed E-state index contributed by atoms with van der Waals surface area (Å²) in [6.45, 7) is 0.577. The lowest BCUT2D eigenvalue weighted by Gasteiger charge is -2.22. The molecule has 0 unspecified atom stereocenters. The van der Waals surface area contributed by atoms with Crippen molar-refractivity contribution in [2.24, 2.45) is 0 Å². The minimum atomic E-state index is -0.519. The summed E-state index contributed by atoms with van der Waals surface area (Å²) in [6.07, 6.45) is 1.43. The summed E-state index contributed by atoms with van der Waals surface area (Å²) in [7, 11) is 0. The number of imidazole rings is 1. The second-order valence-corrected chi connectivity index (χ2v) is 7.29. The van der Waals surface area contributed by atoms with E-state index in [1.165, 1.54) is 11.8 Å². The molecule has 1 atom stereocenters. The van der Waals surface area contributed by atoms with Crippen LogP contribution in [0.15, 0.2) is 59.8 Å². The number of ether oxygens (including phenoxy) is 1. The van der Waals surface area contributed by atoms with Crippen LogP contribution < -0.4 is 4.74 Å². The maximum Gasteiger partial charge on any atom is 0.334 e. The van der Waals surface area contributed by atoms with E-state index >= 15 is 0 Å². The number of nitrogens with one attached hydrogen (secondary N) is 1. The van der Waals surface area contributed by atoms with Crippen LogP contribution in [0, 0.1) is 0 Å². The molecule has 1 aliphatic rings. The molecule has 0 saturated carbocycles. The highest BCUT2D eigenvalue weighted by Crippen LogP contribution is 2.24. The number of hydrogen-bond donors (Lipinski definition) is 1. The number of carbonyl (C=O) groups excluding carboxylic acids is 2. The second-order valence-electron chi connectivity index (χ2n) is 6.33. The van der Waals surface area contributed by atoms with Gasteiger partial charge in [-0.1, -0.05) is 42.1 Å². The SMILES string of the molecule is O=C(Oc1ccccc1)[C@@H]1CCCN1C(=O)CSc1nc2ccccc2[nH]1. The van der Waals surface area contributed by atoms with E-state index in [9.17, 15) is 9.59 Å². The number of rotatable bonds is 5. The quantitative estimate of drug-likeness (QED) is 0.417. The number of aromatic nitrogens is 2. The lowest BCUT2D eigenvalue weighted by Crippen LogP contribution is -2.43. The summed E-state index contributed by atoms with van der Waals surface area (Å²) in [5.74, 6) is 0.279. The molecule has 1 fully saturated rings. The van der Waals surface area contributed by atoms with Crippen LogP contribution in [-0.2, 0) is 9.59 Å². The summed E-state index contributed by atoms with van der Waals surface area (Å²) in [5, 5.41) is 0.701. The summed E-state index contributed by atoms with van der Waals surface area (Å²) in [4.78, 5) is 34.4. The first-order chi connectivity index (χ1) is 13.2. The predicted octanol–water partition coefficient (Wildman–Crippen LogP) is 3.25. The van der Waals surface area contributed by atoms with E-state index in [1.807, 2.05) is 42.5 Å². The molecule has 0 aliphatic carbocycles. The molecule has 1 N–H and O–H groups in total. The molecular weight excluding hydrogens is 362 g/mol. The van der Waals surface area contributed by atoms with Gasteiger partial charge in [-0.25, -0.2) is 9.78 Å². The predicted molar refractivity (Wildman–Crippen MR) is 104 cm³/mol. The lowest BCUT2D eigenvalue weighted by atomic mass is 10.2. The topological polar surface area (TPSA) is 75.3 Å². The molecule has 1 saturated heterocycles. The standard InChI is InChI=1S/C20H19N3O3S/c24-18(13-27-20-21-15-9-4-5-10-16(15)22-20)23-12-6-11-17(23)19(25)26-14-7-2-1-3-8-14/h1-5,7-10,17H,6,11-13H2,(H,21,22)/t17-/m0/s1. The van der Waals surface area contributed by atoms with Crippen LogP contribution in [0.4, 0.5) is 0 Å². The van der Waals surface area contributed by atoms with E-state index in [1.54, 1.807) is 17.0 Å². The number of amides is 1. The number of nitrogens with zero attached hydrogens (tertiary/aromatic N) is 2. The lowest BCUT2D eigenvalue weighted by molar-refractivity contribution is -0.145. The highest BCUT2D eigenvalue weighted by molar-refractivity contribution is 7.99. The highest BCUT2D eigenvalue weighted by Gasteiger charge is 2.35. The molecule has 3 aromatic rings. The Morgan fingerprint density at radius 3 is 2.74 bits per heavy atom. The van der Waals surface area contributed by atoms with Gasteiger partial charge in [0.1, 0.15) is 11.8 Å². The van der Waals surface area contributed by atoms with Crippen LogP contribution in [0.2, 0.25) is 0 Å². The van der Waals surface area contributed by atoms with E-state index in [4.69, 9.17) is 4.74 Å². The number of fused-ring (bicyclic) bond motifs is 1. The van der Waals surface area contributed by atoms with Crippen LogP contribution in [0.25, 0.3) is 11.0 Å². The number of carbonyl (C=O) groups is 2. The summed E-state index contributed by atoms with van der Waals surface area (Å²) < 4.78 is 5.42. The number of thioether (sulfide) groups is 1. The Bertz CT molecular complexity index is 924. The van der Waals surface area contributed by atoms with Crippen molar-refractivity contribution in [2.45, 2.75) is 24.0 Å². The maximum atomic E-state index is 12.7. The first-order valence-corrected chi connectivity index (χ1v) is 9.83. The Hall–Kier alpha value is -2.80. The van der Waals surface area contributed by atoms with Crippen LogP contribution in [0.3, 0.4) is 0 Å². The van der Waals surface area contributed by atoms with Crippen molar-refractivity contribution in [1.29, 1.82) is 0 Å². The third-order valence-corrected chi connectivity index (χ3v) is 5.36. The van der Waals surface area contributed by atoms with E-state index in [0.717, 1.165) is 17.5 Å². The van der Waals surface area contributed by atoms with E-state index < -0.39 is 6.04 Å². The first kappa shape index (κ1) is 17.6. The average Bonchev–Trinajstić information content (AvgIpc) is 3.33. The van der Waals surface area contributed by atoms with Gasteiger partial charge in [0.15, 0.2) is 5.16 Å². The number of H-pyrrole nitrogens is 1. The van der Waals surface area contributed by atoms with Crippen molar-refractivity contribution in [3.05, 3.63) is 54.6 Å². The van der Waals surface area contributed by atoms with Crippen molar-refractivity contribution in [1.82, 2.24) is 14.9 Å². The van der Waals surface area contributed by atoms with Gasteiger partial charge in [-0.05, 0) is 37.1 Å². The van der Waals surface area contributed by atoms with E-state index in [0.29, 0.717) is 23.9 Å². The van der Waals surface area contributed by atoms with E-state index in [2.05, 4.69) is 9.97 Å². The summed E-state index contributed by atoms with van der Waals surface area (Å²) in [5.41, 5.74) is 1.82. The first-order valence-electron chi connectivity index (χ1n) is 8.84. The zero-order valence-corrected chi connectivity index (χ0v) is 15.4. The Morgan fingerprint density at radius 2 is 1.93 bits per heavy atom. The van der Waals surface area contributed by atoms with Gasteiger partial charge in [0.25, 0.3) is 0 Å². The number of benzene rings is 2. The highest BCUT2D eigenvalue weighted by atomic mass is 32.2. The normalized spacial score (nSPS) is 16.6. The van der Waals surface area contributed by atoms with Crippen molar-refractivity contribution in [3.63, 3.8) is 0 Å². The van der Waals surface area contributed by atoms with Gasteiger partial charge in [-0.2, -0.15) is 0 Å². The molecule has 4 rings (SSSR count). The number of hydrogen-bond acceptors (Lipinski definition) is 5. The van der Waals surface area contributed by atoms with Gasteiger partial charge >= 0.3 is 5.97 Å². The van der Waals surface area contributed by atoms with Gasteiger partial charge in [0.2, 0.25) is 5.91 Å². The second kappa shape index (κ2) is 7.84. The smallest absolute Gasteiger partial charge is 0.334 e. The largest absolute Gasteiger partial charge is 0.425 e. The number of esters is 1. The van der Waals surface area contributed by atoms with Crippen molar-refractivity contribution < 1.29 is 14.3 Å². The number of likely N-dealkylation sites (tertiary alicyclic amines) is 1. The Morgan fingerprint density at radius 1 is 1.15 bits per heavy atom. The summed E-state index contributed by atoms with van der Waals surface area (Å²) in [6, 6.07) is 16.2. The Kier molecular flexibility index (Phi) is 5.11. The molecule has 2 heterocycles. The molecule has 6 nitrogen and oxygen atoms in total. The molecule has 2 aromatic carbocycles. The van der Waals surface area contributed by atoms with E-state index in [-0.39, 0.29) is 17.6 Å². The van der Waals surface area contributed by atoms with Gasteiger partial charge in [-0.15, -0.1) is 0 Å². The zero-order valence-electron chi connectivity index (χ0n) is 14.6. The number of aromatic amines is 1. The molecule has 0 bridgehead atoms. The van der Waals surface area contributed by atoms with Gasteiger partial charge in [0.05, 0.1) is 16.8 Å². The van der Waals surface area contributed by atoms with Crippen LogP contribution in [0.1, 0.15) is 12.8 Å². The minimum absolute atomic E-state index is 0.0760. The fraction of sp³-hybridized carbons (Fsp3) is 0.250. The summed E-state index contributed by atoms with van der Waals surface area (Å²) >= 11 is 1.35. The molecule has 1 amide bonds. The molecular formula is C20H19N3O3S. The van der Waals surface area contributed by atoms with Gasteiger partial charge in [-0.3, -0.25) is 4.79 Å². The van der Waals surface area contributed by atoms with Crippen molar-refractivity contribution >= 4 is 34.7 Å². The molecule has 0 spiro atoms. The van der Waals surface area contributed by atoms with Gasteiger partial charge < -0.3 is 14.6 Å². The minimum Gasteiger partial charge on any atom is -0.425 e. The third-order valence-electron chi connectivity index (χ3n) is 4.51. The Labute approximate surface area is 160 Å². The fourth-order valence-electron chi connectivity index (χ4n) is 3.19. The molecule has 0 radical (unpaired) electrons. The fourth-order valence-corrected chi connectivity index (χ4v) is 3.96. The van der Waals surface area contributed by atoms with Crippen LogP contribution >= 0.6 is 11.8 Å². The Balaban J connectivity index is 1.37. The monoisotopic (exact) mass is 381 g/mol. The molecule has 1 aromatic heterocycles. The van der Waals surface area contributed by atoms with Crippen LogP contribution in [-0.4, -0.2) is 45.1 Å². The molecule has 138 valence electrons. The van der Waals surface area contributed by atoms with Crippen LogP contribution in [0.5, 0.6) is 5.75 Å².